The van der Waals surface area contributed by atoms with Crippen LogP contribution in [0, 0.1) is 0 Å². The zero-order valence-corrected chi connectivity index (χ0v) is 16.7. The van der Waals surface area contributed by atoms with E-state index < -0.39 is 0 Å². The molecule has 1 N–H and O–H groups in total. The van der Waals surface area contributed by atoms with Crippen molar-refractivity contribution in [3.63, 3.8) is 0 Å². The zero-order chi connectivity index (χ0) is 20.4. The molecule has 1 aliphatic heterocycles. The minimum absolute atomic E-state index is 0.126. The first-order valence-corrected chi connectivity index (χ1v) is 9.37. The number of guanidine groups is 1. The van der Waals surface area contributed by atoms with Crippen molar-refractivity contribution in [2.45, 2.75) is 6.04 Å². The topological polar surface area (TPSA) is 71.7 Å². The number of amides is 1. The monoisotopic (exact) mass is 389 g/mol. The number of nitrogens with one attached hydrogen (secondary N) is 1. The average molecular weight is 389 g/mol. The summed E-state index contributed by atoms with van der Waals surface area (Å²) in [5.41, 5.74) is 3.36. The number of carbonyl (C=O) groups excluding carboxylic acids is 1. The second-order valence-electron chi connectivity index (χ2n) is 7.00. The van der Waals surface area contributed by atoms with Crippen molar-refractivity contribution in [2.24, 2.45) is 12.0 Å². The number of aromatic nitrogens is 2. The first kappa shape index (κ1) is 18.9. The van der Waals surface area contributed by atoms with E-state index in [-0.39, 0.29) is 11.9 Å². The van der Waals surface area contributed by atoms with Gasteiger partial charge in [0, 0.05) is 32.8 Å². The van der Waals surface area contributed by atoms with Crippen LogP contribution in [-0.2, 0) is 16.6 Å². The third-order valence-corrected chi connectivity index (χ3v) is 4.84. The summed E-state index contributed by atoms with van der Waals surface area (Å²) in [6.07, 6.45) is 3.79. The Balaban J connectivity index is 1.63. The molecule has 3 aromatic rings. The van der Waals surface area contributed by atoms with E-state index >= 15 is 0 Å². The van der Waals surface area contributed by atoms with E-state index in [1.807, 2.05) is 67.9 Å². The van der Waals surface area contributed by atoms with Gasteiger partial charge in [0.15, 0.2) is 0 Å². The van der Waals surface area contributed by atoms with Crippen LogP contribution in [-0.4, -0.2) is 47.3 Å². The van der Waals surface area contributed by atoms with Gasteiger partial charge in [-0.1, -0.05) is 36.4 Å². The molecule has 0 spiro atoms. The van der Waals surface area contributed by atoms with Crippen molar-refractivity contribution in [1.82, 2.24) is 20.0 Å². The predicted octanol–water partition coefficient (Wildman–Crippen LogP) is 2.72. The fraction of sp³-hybridized carbons (Fsp3) is 0.227. The maximum absolute atomic E-state index is 12.7. The summed E-state index contributed by atoms with van der Waals surface area (Å²) in [5.74, 6) is 0.383. The first-order valence-electron chi connectivity index (χ1n) is 9.37. The molecule has 29 heavy (non-hydrogen) atoms. The molecule has 1 unspecified atom stereocenters. The van der Waals surface area contributed by atoms with Crippen molar-refractivity contribution in [2.75, 3.05) is 20.8 Å². The molecule has 7 nitrogen and oxygen atoms in total. The number of methoxy groups -OCH3 is 1. The Labute approximate surface area is 169 Å². The molecule has 1 atom stereocenters. The van der Waals surface area contributed by atoms with Gasteiger partial charge in [0.2, 0.25) is 5.96 Å². The number of nitrogens with zero attached hydrogens (tertiary/aromatic N) is 4. The van der Waals surface area contributed by atoms with Gasteiger partial charge in [-0.2, -0.15) is 5.10 Å². The molecule has 0 radical (unpaired) electrons. The van der Waals surface area contributed by atoms with E-state index in [0.717, 1.165) is 22.0 Å². The molecule has 1 amide bonds. The standard InChI is InChI=1S/C22H23N5O2/c1-26-13-17-11-15(9-10-18(17)25-26)12-19-21(28)27(2)22(23-19)24-20(14-29-3)16-7-5-4-6-8-16/h4-13,20H,14H2,1-3H3,(H,23,24)/b19-12-. The fourth-order valence-electron chi connectivity index (χ4n) is 3.36. The summed E-state index contributed by atoms with van der Waals surface area (Å²) in [6, 6.07) is 15.6. The lowest BCUT2D eigenvalue weighted by Gasteiger charge is -2.15. The largest absolute Gasteiger partial charge is 0.382 e. The Morgan fingerprint density at radius 3 is 2.76 bits per heavy atom. The molecule has 148 valence electrons. The molecular formula is C22H23N5O2. The highest BCUT2D eigenvalue weighted by Crippen LogP contribution is 2.21. The summed E-state index contributed by atoms with van der Waals surface area (Å²) in [5, 5.41) is 8.57. The quantitative estimate of drug-likeness (QED) is 0.681. The molecule has 1 aromatic heterocycles. The molecule has 7 heteroatoms. The number of aliphatic imine (C=N–C) groups is 1. The average Bonchev–Trinajstić information content (AvgIpc) is 3.22. The van der Waals surface area contributed by atoms with Crippen LogP contribution in [0.1, 0.15) is 17.2 Å². The fourth-order valence-corrected chi connectivity index (χ4v) is 3.36. The summed E-state index contributed by atoms with van der Waals surface area (Å²) in [7, 11) is 5.25. The minimum atomic E-state index is -0.204. The van der Waals surface area contributed by atoms with Gasteiger partial charge >= 0.3 is 0 Å². The minimum Gasteiger partial charge on any atom is -0.382 e. The summed E-state index contributed by atoms with van der Waals surface area (Å²) in [6.45, 7) is 0.425. The third kappa shape index (κ3) is 3.90. The maximum Gasteiger partial charge on any atom is 0.276 e. The molecular weight excluding hydrogens is 366 g/mol. The van der Waals surface area contributed by atoms with E-state index in [4.69, 9.17) is 9.73 Å². The van der Waals surface area contributed by atoms with Crippen molar-refractivity contribution in [3.05, 3.63) is 71.6 Å². The van der Waals surface area contributed by atoms with E-state index in [1.54, 1.807) is 18.8 Å². The number of fused-ring (bicyclic) bond motifs is 1. The van der Waals surface area contributed by atoms with Gasteiger partial charge in [0.1, 0.15) is 11.7 Å². The molecule has 0 bridgehead atoms. The smallest absolute Gasteiger partial charge is 0.276 e. The number of carbonyl (C=O) groups is 1. The second-order valence-corrected chi connectivity index (χ2v) is 7.00. The molecule has 1 aliphatic rings. The Bertz CT molecular complexity index is 1100. The van der Waals surface area contributed by atoms with Crippen LogP contribution in [0.4, 0.5) is 0 Å². The molecule has 0 aliphatic carbocycles. The molecule has 2 aromatic carbocycles. The van der Waals surface area contributed by atoms with Gasteiger partial charge in [0.05, 0.1) is 12.1 Å². The normalized spacial score (nSPS) is 18.0. The SMILES string of the molecule is COCC(N=C1N/C(=C\c2ccc3nn(C)cc3c2)C(=O)N1C)c1ccccc1. The van der Waals surface area contributed by atoms with Crippen LogP contribution in [0.3, 0.4) is 0 Å². The van der Waals surface area contributed by atoms with Crippen LogP contribution in [0.15, 0.2) is 65.4 Å². The number of ether oxygens (including phenoxy) is 1. The van der Waals surface area contributed by atoms with E-state index in [0.29, 0.717) is 18.3 Å². The van der Waals surface area contributed by atoms with E-state index in [1.165, 1.54) is 4.90 Å². The Hall–Kier alpha value is -3.45. The van der Waals surface area contributed by atoms with Gasteiger partial charge in [0.25, 0.3) is 5.91 Å². The van der Waals surface area contributed by atoms with Crippen LogP contribution < -0.4 is 5.32 Å². The highest BCUT2D eigenvalue weighted by atomic mass is 16.5. The van der Waals surface area contributed by atoms with Gasteiger partial charge in [-0.15, -0.1) is 0 Å². The first-order chi connectivity index (χ1) is 14.0. The van der Waals surface area contributed by atoms with Crippen molar-refractivity contribution in [1.29, 1.82) is 0 Å². The molecule has 4 rings (SSSR count). The summed E-state index contributed by atoms with van der Waals surface area (Å²) < 4.78 is 7.11. The number of rotatable bonds is 5. The number of hydrogen-bond donors (Lipinski definition) is 1. The molecule has 0 saturated carbocycles. The van der Waals surface area contributed by atoms with Crippen molar-refractivity contribution < 1.29 is 9.53 Å². The molecule has 2 heterocycles. The van der Waals surface area contributed by atoms with Crippen LogP contribution in [0.5, 0.6) is 0 Å². The van der Waals surface area contributed by atoms with E-state index in [9.17, 15) is 4.79 Å². The van der Waals surface area contributed by atoms with Gasteiger partial charge in [-0.3, -0.25) is 14.4 Å². The van der Waals surface area contributed by atoms with E-state index in [2.05, 4.69) is 10.4 Å². The third-order valence-electron chi connectivity index (χ3n) is 4.84. The van der Waals surface area contributed by atoms with Gasteiger partial charge < -0.3 is 10.1 Å². The Kier molecular flexibility index (Phi) is 5.14. The number of likely N-dealkylation sites (N-methyl/N-ethyl adjacent to an activating group) is 1. The van der Waals surface area contributed by atoms with Crippen LogP contribution in [0.2, 0.25) is 0 Å². The predicted molar refractivity (Wildman–Crippen MR) is 113 cm³/mol. The summed E-state index contributed by atoms with van der Waals surface area (Å²) in [4.78, 5) is 19.0. The maximum atomic E-state index is 12.7. The number of hydrogen-bond acceptors (Lipinski definition) is 4. The Morgan fingerprint density at radius 2 is 2.00 bits per heavy atom. The lowest BCUT2D eigenvalue weighted by Crippen LogP contribution is -2.29. The second kappa shape index (κ2) is 7.89. The highest BCUT2D eigenvalue weighted by molar-refractivity contribution is 6.15. The van der Waals surface area contributed by atoms with Crippen LogP contribution >= 0.6 is 0 Å². The Morgan fingerprint density at radius 1 is 1.21 bits per heavy atom. The number of benzene rings is 2. The number of aryl methyl sites for hydroxylation is 1. The van der Waals surface area contributed by atoms with Gasteiger partial charge in [-0.05, 0) is 29.3 Å². The summed E-state index contributed by atoms with van der Waals surface area (Å²) >= 11 is 0. The van der Waals surface area contributed by atoms with Crippen molar-refractivity contribution >= 4 is 28.8 Å². The lowest BCUT2D eigenvalue weighted by atomic mass is 10.1. The van der Waals surface area contributed by atoms with Crippen molar-refractivity contribution in [3.8, 4) is 0 Å². The molecule has 1 saturated heterocycles. The lowest BCUT2D eigenvalue weighted by molar-refractivity contribution is -0.121. The van der Waals surface area contributed by atoms with Gasteiger partial charge in [-0.25, -0.2) is 4.99 Å². The van der Waals surface area contributed by atoms with Crippen LogP contribution in [0.25, 0.3) is 17.0 Å². The molecule has 1 fully saturated rings. The highest BCUT2D eigenvalue weighted by Gasteiger charge is 2.29. The zero-order valence-electron chi connectivity index (χ0n) is 16.7.